The lowest BCUT2D eigenvalue weighted by Gasteiger charge is -2.14. The van der Waals surface area contributed by atoms with Crippen molar-refractivity contribution in [3.63, 3.8) is 0 Å². The zero-order valence-electron chi connectivity index (χ0n) is 9.37. The lowest BCUT2D eigenvalue weighted by atomic mass is 10.4. The van der Waals surface area contributed by atoms with Gasteiger partial charge in [-0.2, -0.15) is 0 Å². The molecule has 0 aromatic carbocycles. The van der Waals surface area contributed by atoms with Crippen molar-refractivity contribution in [3.05, 3.63) is 24.4 Å². The summed E-state index contributed by atoms with van der Waals surface area (Å²) in [5, 5.41) is 10.6. The molecule has 1 aromatic heterocycles. The molecule has 0 saturated heterocycles. The standard InChI is InChI=1S/C10H16N2OS.2ClH/c1-12(2)7-9(13)8-14-10-5-3-4-6-11-10;;/h3-6,9,13H,7-8H2,1-2H3;2*1H. The van der Waals surface area contributed by atoms with Crippen LogP contribution in [0.2, 0.25) is 0 Å². The zero-order valence-corrected chi connectivity index (χ0v) is 11.8. The number of aliphatic hydroxyl groups is 1. The van der Waals surface area contributed by atoms with E-state index in [0.29, 0.717) is 12.3 Å². The Hall–Kier alpha value is -0.000000000000000111. The second kappa shape index (κ2) is 10.2. The van der Waals surface area contributed by atoms with Gasteiger partial charge in [0.2, 0.25) is 0 Å². The van der Waals surface area contributed by atoms with Gasteiger partial charge in [0.05, 0.1) is 11.1 Å². The van der Waals surface area contributed by atoms with Crippen molar-refractivity contribution in [2.24, 2.45) is 0 Å². The minimum absolute atomic E-state index is 0. The van der Waals surface area contributed by atoms with Gasteiger partial charge >= 0.3 is 0 Å². The number of pyridine rings is 1. The van der Waals surface area contributed by atoms with Crippen LogP contribution < -0.4 is 0 Å². The smallest absolute Gasteiger partial charge is 0.0960 e. The molecule has 1 aromatic rings. The average molecular weight is 285 g/mol. The summed E-state index contributed by atoms with van der Waals surface area (Å²) in [6, 6.07) is 5.79. The van der Waals surface area contributed by atoms with Gasteiger partial charge in [-0.3, -0.25) is 0 Å². The Morgan fingerprint density at radius 1 is 1.38 bits per heavy atom. The monoisotopic (exact) mass is 284 g/mol. The van der Waals surface area contributed by atoms with Gasteiger partial charge in [-0.05, 0) is 26.2 Å². The van der Waals surface area contributed by atoms with Crippen LogP contribution in [-0.2, 0) is 0 Å². The lowest BCUT2D eigenvalue weighted by molar-refractivity contribution is 0.158. The summed E-state index contributed by atoms with van der Waals surface area (Å²) < 4.78 is 0. The molecule has 0 bridgehead atoms. The first-order chi connectivity index (χ1) is 6.68. The van der Waals surface area contributed by atoms with Gasteiger partial charge in [0, 0.05) is 18.5 Å². The van der Waals surface area contributed by atoms with Crippen LogP contribution in [0.5, 0.6) is 0 Å². The number of hydrogen-bond donors (Lipinski definition) is 1. The number of rotatable bonds is 5. The Labute approximate surface area is 113 Å². The van der Waals surface area contributed by atoms with E-state index in [1.165, 1.54) is 0 Å². The van der Waals surface area contributed by atoms with Crippen LogP contribution in [0.1, 0.15) is 0 Å². The normalized spacial score (nSPS) is 11.5. The largest absolute Gasteiger partial charge is 0.391 e. The van der Waals surface area contributed by atoms with Crippen LogP contribution in [-0.4, -0.2) is 47.5 Å². The molecule has 16 heavy (non-hydrogen) atoms. The molecule has 1 unspecified atom stereocenters. The van der Waals surface area contributed by atoms with E-state index in [1.54, 1.807) is 18.0 Å². The molecule has 0 aliphatic carbocycles. The molecule has 6 heteroatoms. The highest BCUT2D eigenvalue weighted by Gasteiger charge is 2.06. The molecule has 0 radical (unpaired) electrons. The van der Waals surface area contributed by atoms with Crippen molar-refractivity contribution in [2.45, 2.75) is 11.1 Å². The fourth-order valence-corrected chi connectivity index (χ4v) is 1.87. The number of aliphatic hydroxyl groups excluding tert-OH is 1. The van der Waals surface area contributed by atoms with Gasteiger partial charge < -0.3 is 10.0 Å². The van der Waals surface area contributed by atoms with E-state index >= 15 is 0 Å². The van der Waals surface area contributed by atoms with E-state index in [9.17, 15) is 5.11 Å². The van der Waals surface area contributed by atoms with E-state index in [4.69, 9.17) is 0 Å². The molecule has 1 rings (SSSR count). The fourth-order valence-electron chi connectivity index (χ4n) is 1.09. The highest BCUT2D eigenvalue weighted by Crippen LogP contribution is 2.14. The summed E-state index contributed by atoms with van der Waals surface area (Å²) in [6.45, 7) is 0.694. The third-order valence-corrected chi connectivity index (χ3v) is 2.73. The number of likely N-dealkylation sites (N-methyl/N-ethyl adjacent to an activating group) is 1. The van der Waals surface area contributed by atoms with Gasteiger partial charge in [0.1, 0.15) is 0 Å². The molecule has 3 nitrogen and oxygen atoms in total. The summed E-state index contributed by atoms with van der Waals surface area (Å²) >= 11 is 1.58. The zero-order chi connectivity index (χ0) is 10.4. The second-order valence-electron chi connectivity index (χ2n) is 3.40. The predicted octanol–water partition coefficient (Wildman–Crippen LogP) is 1.94. The Bertz CT molecular complexity index is 262. The summed E-state index contributed by atoms with van der Waals surface area (Å²) in [7, 11) is 3.91. The van der Waals surface area contributed by atoms with E-state index in [-0.39, 0.29) is 30.9 Å². The number of thioether (sulfide) groups is 1. The fraction of sp³-hybridized carbons (Fsp3) is 0.500. The van der Waals surface area contributed by atoms with Crippen LogP contribution in [0.3, 0.4) is 0 Å². The predicted molar refractivity (Wildman–Crippen MR) is 74.0 cm³/mol. The molecule has 0 fully saturated rings. The third kappa shape index (κ3) is 8.19. The molecule has 94 valence electrons. The van der Waals surface area contributed by atoms with E-state index in [2.05, 4.69) is 4.98 Å². The van der Waals surface area contributed by atoms with Gasteiger partial charge in [0.15, 0.2) is 0 Å². The molecule has 0 spiro atoms. The first-order valence-electron chi connectivity index (χ1n) is 4.55. The van der Waals surface area contributed by atoms with E-state index in [0.717, 1.165) is 5.03 Å². The summed E-state index contributed by atoms with van der Waals surface area (Å²) in [5.41, 5.74) is 0. The molecule has 0 amide bonds. The topological polar surface area (TPSA) is 36.4 Å². The first kappa shape index (κ1) is 18.4. The van der Waals surface area contributed by atoms with Crippen molar-refractivity contribution in [2.75, 3.05) is 26.4 Å². The van der Waals surface area contributed by atoms with Gasteiger partial charge in [0.25, 0.3) is 0 Å². The number of aromatic nitrogens is 1. The van der Waals surface area contributed by atoms with Crippen molar-refractivity contribution >= 4 is 36.6 Å². The third-order valence-electron chi connectivity index (χ3n) is 1.64. The molecule has 1 heterocycles. The van der Waals surface area contributed by atoms with E-state index < -0.39 is 0 Å². The summed E-state index contributed by atoms with van der Waals surface area (Å²) in [4.78, 5) is 6.14. The van der Waals surface area contributed by atoms with Gasteiger partial charge in [-0.25, -0.2) is 4.98 Å². The highest BCUT2D eigenvalue weighted by atomic mass is 35.5. The molecule has 1 atom stereocenters. The lowest BCUT2D eigenvalue weighted by Crippen LogP contribution is -2.27. The van der Waals surface area contributed by atoms with Crippen LogP contribution in [0.15, 0.2) is 29.4 Å². The number of halogens is 2. The molecule has 0 saturated carbocycles. The van der Waals surface area contributed by atoms with Crippen molar-refractivity contribution in [1.82, 2.24) is 9.88 Å². The number of nitrogens with zero attached hydrogens (tertiary/aromatic N) is 2. The molecule has 0 aliphatic heterocycles. The minimum atomic E-state index is -0.294. The Kier molecular flexibility index (Phi) is 11.7. The highest BCUT2D eigenvalue weighted by molar-refractivity contribution is 7.99. The Morgan fingerprint density at radius 3 is 2.56 bits per heavy atom. The molecule has 1 N–H and O–H groups in total. The molecule has 0 aliphatic rings. The molecular formula is C10H18Cl2N2OS. The van der Waals surface area contributed by atoms with Crippen LogP contribution in [0.25, 0.3) is 0 Å². The van der Waals surface area contributed by atoms with Crippen LogP contribution in [0.4, 0.5) is 0 Å². The van der Waals surface area contributed by atoms with Gasteiger partial charge in [-0.1, -0.05) is 6.07 Å². The second-order valence-corrected chi connectivity index (χ2v) is 4.44. The van der Waals surface area contributed by atoms with Crippen molar-refractivity contribution in [3.8, 4) is 0 Å². The average Bonchev–Trinajstić information content (AvgIpc) is 2.15. The minimum Gasteiger partial charge on any atom is -0.391 e. The van der Waals surface area contributed by atoms with Crippen LogP contribution >= 0.6 is 36.6 Å². The SMILES string of the molecule is CN(C)CC(O)CSc1ccccn1.Cl.Cl. The maximum atomic E-state index is 9.59. The van der Waals surface area contributed by atoms with Gasteiger partial charge in [-0.15, -0.1) is 36.6 Å². The van der Waals surface area contributed by atoms with Crippen molar-refractivity contribution in [1.29, 1.82) is 0 Å². The first-order valence-corrected chi connectivity index (χ1v) is 5.53. The van der Waals surface area contributed by atoms with E-state index in [1.807, 2.05) is 37.2 Å². The quantitative estimate of drug-likeness (QED) is 0.839. The summed E-state index contributed by atoms with van der Waals surface area (Å²) in [5.74, 6) is 0.690. The number of hydrogen-bond acceptors (Lipinski definition) is 4. The summed E-state index contributed by atoms with van der Waals surface area (Å²) in [6.07, 6.45) is 1.47. The maximum Gasteiger partial charge on any atom is 0.0960 e. The maximum absolute atomic E-state index is 9.59. The van der Waals surface area contributed by atoms with Crippen LogP contribution in [0, 0.1) is 0 Å². The van der Waals surface area contributed by atoms with Crippen molar-refractivity contribution < 1.29 is 5.11 Å². The Balaban J connectivity index is 0. The molecular weight excluding hydrogens is 267 g/mol. The Morgan fingerprint density at radius 2 is 2.06 bits per heavy atom.